The summed E-state index contributed by atoms with van der Waals surface area (Å²) in [6.07, 6.45) is -1.14. The lowest BCUT2D eigenvalue weighted by molar-refractivity contribution is -0.144. The lowest BCUT2D eigenvalue weighted by Gasteiger charge is -2.40. The first-order valence-corrected chi connectivity index (χ1v) is 10.7. The van der Waals surface area contributed by atoms with Gasteiger partial charge in [-0.05, 0) is 52.2 Å². The number of amides is 1. The van der Waals surface area contributed by atoms with Crippen LogP contribution in [-0.4, -0.2) is 17.8 Å². The smallest absolute Gasteiger partial charge is 0.269 e. The van der Waals surface area contributed by atoms with Crippen LogP contribution in [0.2, 0.25) is 5.02 Å². The maximum atomic E-state index is 13.0. The second kappa shape index (κ2) is 7.70. The van der Waals surface area contributed by atoms with E-state index >= 15 is 0 Å². The molecular weight excluding hydrogens is 462 g/mol. The van der Waals surface area contributed by atoms with Gasteiger partial charge in [-0.15, -0.1) is 0 Å². The highest BCUT2D eigenvalue weighted by atomic mass is 79.9. The molecule has 1 amide bonds. The minimum absolute atomic E-state index is 0.0895. The average molecular weight is 477 g/mol. The van der Waals surface area contributed by atoms with Gasteiger partial charge in [-0.1, -0.05) is 51.8 Å². The van der Waals surface area contributed by atoms with E-state index in [4.69, 9.17) is 16.3 Å². The van der Waals surface area contributed by atoms with Crippen molar-refractivity contribution in [2.45, 2.75) is 18.1 Å². The van der Waals surface area contributed by atoms with Gasteiger partial charge in [-0.3, -0.25) is 9.59 Å². The Labute approximate surface area is 179 Å². The predicted octanol–water partition coefficient (Wildman–Crippen LogP) is 4.94. The molecule has 142 valence electrons. The van der Waals surface area contributed by atoms with E-state index in [-0.39, 0.29) is 12.2 Å². The molecule has 0 aliphatic carbocycles. The molecule has 2 atom stereocenters. The fraction of sp³-hybridized carbons (Fsp3) is 0.143. The van der Waals surface area contributed by atoms with Crippen LogP contribution < -0.4 is 10.1 Å². The van der Waals surface area contributed by atoms with Crippen LogP contribution >= 0.6 is 38.9 Å². The molecule has 3 aromatic rings. The average Bonchev–Trinajstić information content (AvgIpc) is 3.22. The lowest BCUT2D eigenvalue weighted by atomic mass is 9.76. The van der Waals surface area contributed by atoms with Gasteiger partial charge in [0, 0.05) is 10.9 Å². The first-order chi connectivity index (χ1) is 13.5. The molecule has 1 saturated heterocycles. The fourth-order valence-corrected chi connectivity index (χ4v) is 4.54. The Bertz CT molecular complexity index is 1000. The van der Waals surface area contributed by atoms with E-state index in [1.54, 1.807) is 24.3 Å². The molecule has 4 nitrogen and oxygen atoms in total. The standard InChI is InChI=1S/C21H15BrClNO3S/c22-15-7-5-13(6-8-15)21(14-9-10-28-12-14)11-17(25)19(20(26)24-21)27-18-4-2-1-3-16(18)23/h1-10,12,19H,11H2,(H,24,26)/t19-,21-/m1/s1. The second-order valence-electron chi connectivity index (χ2n) is 6.48. The zero-order valence-electron chi connectivity index (χ0n) is 14.5. The molecule has 1 aliphatic rings. The third-order valence-corrected chi connectivity index (χ3v) is 6.26. The number of carbonyl (C=O) groups is 2. The van der Waals surface area contributed by atoms with Crippen molar-refractivity contribution in [2.75, 3.05) is 0 Å². The number of hydrogen-bond acceptors (Lipinski definition) is 4. The molecule has 1 N–H and O–H groups in total. The molecule has 0 bridgehead atoms. The Morgan fingerprint density at radius 2 is 1.82 bits per heavy atom. The molecule has 0 spiro atoms. The molecule has 2 aromatic carbocycles. The van der Waals surface area contributed by atoms with Crippen molar-refractivity contribution in [1.82, 2.24) is 5.32 Å². The number of Topliss-reactive ketones (excluding diaryl/α,β-unsaturated/α-hetero) is 1. The van der Waals surface area contributed by atoms with Gasteiger partial charge in [0.2, 0.25) is 6.10 Å². The van der Waals surface area contributed by atoms with E-state index in [2.05, 4.69) is 21.2 Å². The molecule has 0 unspecified atom stereocenters. The second-order valence-corrected chi connectivity index (χ2v) is 8.59. The van der Waals surface area contributed by atoms with Gasteiger partial charge in [0.1, 0.15) is 5.75 Å². The molecule has 1 aromatic heterocycles. The molecule has 0 radical (unpaired) electrons. The highest BCUT2D eigenvalue weighted by Crippen LogP contribution is 2.38. The summed E-state index contributed by atoms with van der Waals surface area (Å²) < 4.78 is 6.60. The molecule has 4 rings (SSSR count). The number of nitrogens with one attached hydrogen (secondary N) is 1. The highest BCUT2D eigenvalue weighted by molar-refractivity contribution is 9.10. The number of rotatable bonds is 4. The number of ketones is 1. The van der Waals surface area contributed by atoms with E-state index in [1.807, 2.05) is 41.1 Å². The predicted molar refractivity (Wildman–Crippen MR) is 113 cm³/mol. The van der Waals surface area contributed by atoms with Gasteiger partial charge in [0.05, 0.1) is 10.6 Å². The van der Waals surface area contributed by atoms with E-state index in [1.165, 1.54) is 11.3 Å². The van der Waals surface area contributed by atoms with Gasteiger partial charge >= 0.3 is 0 Å². The van der Waals surface area contributed by atoms with Gasteiger partial charge in [0.15, 0.2) is 5.78 Å². The Balaban J connectivity index is 1.70. The first kappa shape index (κ1) is 19.2. The normalized spacial score (nSPS) is 22.0. The molecule has 1 fully saturated rings. The largest absolute Gasteiger partial charge is 0.471 e. The maximum Gasteiger partial charge on any atom is 0.269 e. The van der Waals surface area contributed by atoms with Crippen LogP contribution in [0.5, 0.6) is 5.75 Å². The van der Waals surface area contributed by atoms with Gasteiger partial charge in [0.25, 0.3) is 5.91 Å². The quantitative estimate of drug-likeness (QED) is 0.543. The van der Waals surface area contributed by atoms with Gasteiger partial charge < -0.3 is 10.1 Å². The minimum atomic E-state index is -1.23. The van der Waals surface area contributed by atoms with Crippen molar-refractivity contribution in [3.63, 3.8) is 0 Å². The summed E-state index contributed by atoms with van der Waals surface area (Å²) in [6.45, 7) is 0. The monoisotopic (exact) mass is 475 g/mol. The lowest BCUT2D eigenvalue weighted by Crippen LogP contribution is -2.60. The number of thiophene rings is 1. The Kier molecular flexibility index (Phi) is 5.27. The molecule has 0 saturated carbocycles. The topological polar surface area (TPSA) is 55.4 Å². The molecule has 7 heteroatoms. The van der Waals surface area contributed by atoms with Crippen LogP contribution in [0, 0.1) is 0 Å². The SMILES string of the molecule is O=C1C[C@@](c2ccc(Br)cc2)(c2ccsc2)NC(=O)[C@@H]1Oc1ccccc1Cl. The van der Waals surface area contributed by atoms with E-state index < -0.39 is 17.6 Å². The number of piperidine rings is 1. The molecule has 2 heterocycles. The number of benzene rings is 2. The Morgan fingerprint density at radius 3 is 2.46 bits per heavy atom. The van der Waals surface area contributed by atoms with Crippen LogP contribution in [0.15, 0.2) is 69.8 Å². The Hall–Kier alpha value is -2.15. The third kappa shape index (κ3) is 3.48. The summed E-state index contributed by atoms with van der Waals surface area (Å²) in [4.78, 5) is 26.0. The minimum Gasteiger partial charge on any atom is -0.471 e. The summed E-state index contributed by atoms with van der Waals surface area (Å²) in [6, 6.07) is 16.3. The summed E-state index contributed by atoms with van der Waals surface area (Å²) in [5.41, 5.74) is 0.791. The Morgan fingerprint density at radius 1 is 1.07 bits per heavy atom. The van der Waals surface area contributed by atoms with Crippen LogP contribution in [0.4, 0.5) is 0 Å². The zero-order chi connectivity index (χ0) is 19.7. The number of para-hydroxylation sites is 1. The zero-order valence-corrected chi connectivity index (χ0v) is 17.7. The number of ether oxygens (including phenoxy) is 1. The van der Waals surface area contributed by atoms with Crippen molar-refractivity contribution >= 4 is 50.6 Å². The van der Waals surface area contributed by atoms with Crippen molar-refractivity contribution in [3.05, 3.63) is 86.0 Å². The van der Waals surface area contributed by atoms with Gasteiger partial charge in [-0.2, -0.15) is 11.3 Å². The third-order valence-electron chi connectivity index (χ3n) is 4.74. The maximum absolute atomic E-state index is 13.0. The fourth-order valence-electron chi connectivity index (χ4n) is 3.36. The van der Waals surface area contributed by atoms with E-state index in [0.29, 0.717) is 10.8 Å². The molecule has 1 aliphatic heterocycles. The number of hydrogen-bond donors (Lipinski definition) is 1. The van der Waals surface area contributed by atoms with Crippen molar-refractivity contribution in [2.24, 2.45) is 0 Å². The van der Waals surface area contributed by atoms with Crippen LogP contribution in [0.25, 0.3) is 0 Å². The summed E-state index contributed by atoms with van der Waals surface area (Å²) in [5.74, 6) is -0.465. The van der Waals surface area contributed by atoms with Crippen molar-refractivity contribution < 1.29 is 14.3 Å². The summed E-state index contributed by atoms with van der Waals surface area (Å²) >= 11 is 11.1. The molecule has 28 heavy (non-hydrogen) atoms. The summed E-state index contributed by atoms with van der Waals surface area (Å²) in [7, 11) is 0. The van der Waals surface area contributed by atoms with Crippen LogP contribution in [-0.2, 0) is 15.1 Å². The van der Waals surface area contributed by atoms with E-state index in [0.717, 1.165) is 15.6 Å². The van der Waals surface area contributed by atoms with Crippen LogP contribution in [0.3, 0.4) is 0 Å². The number of halogens is 2. The number of carbonyl (C=O) groups excluding carboxylic acids is 2. The van der Waals surface area contributed by atoms with Crippen LogP contribution in [0.1, 0.15) is 17.5 Å². The highest BCUT2D eigenvalue weighted by Gasteiger charge is 2.48. The van der Waals surface area contributed by atoms with Crippen molar-refractivity contribution in [1.29, 1.82) is 0 Å². The van der Waals surface area contributed by atoms with Crippen molar-refractivity contribution in [3.8, 4) is 5.75 Å². The van der Waals surface area contributed by atoms with E-state index in [9.17, 15) is 9.59 Å². The first-order valence-electron chi connectivity index (χ1n) is 8.54. The molecular formula is C21H15BrClNO3S. The summed E-state index contributed by atoms with van der Waals surface area (Å²) in [5, 5.41) is 7.28. The van der Waals surface area contributed by atoms with Gasteiger partial charge in [-0.25, -0.2) is 0 Å².